The molecule has 1 atom stereocenters. The van der Waals surface area contributed by atoms with Crippen molar-refractivity contribution in [2.75, 3.05) is 45.9 Å². The molecule has 168 valence electrons. The molecule has 0 saturated carbocycles. The van der Waals surface area contributed by atoms with Gasteiger partial charge in [0, 0.05) is 38.4 Å². The Bertz CT molecular complexity index is 886. The van der Waals surface area contributed by atoms with Crippen LogP contribution in [-0.2, 0) is 4.74 Å². The van der Waals surface area contributed by atoms with E-state index in [0.717, 1.165) is 38.5 Å². The number of nitrogens with zero attached hydrogens (tertiary/aromatic N) is 2. The predicted molar refractivity (Wildman–Crippen MR) is 120 cm³/mol. The molecule has 0 bridgehead atoms. The molecule has 1 aromatic heterocycles. The molecule has 1 fully saturated rings. The van der Waals surface area contributed by atoms with E-state index in [0.29, 0.717) is 35.7 Å². The number of benzene rings is 1. The van der Waals surface area contributed by atoms with Gasteiger partial charge in [0.2, 0.25) is 0 Å². The fourth-order valence-corrected chi connectivity index (χ4v) is 4.06. The van der Waals surface area contributed by atoms with Crippen molar-refractivity contribution in [3.63, 3.8) is 0 Å². The molecular weight excluding hydrogens is 394 g/mol. The number of aryl methyl sites for hydroxylation is 1. The van der Waals surface area contributed by atoms with Gasteiger partial charge in [0.1, 0.15) is 12.4 Å². The number of carbonyl (C=O) groups excluding carboxylic acids is 2. The van der Waals surface area contributed by atoms with Crippen LogP contribution in [0.1, 0.15) is 46.0 Å². The van der Waals surface area contributed by atoms with Crippen molar-refractivity contribution >= 4 is 11.8 Å². The van der Waals surface area contributed by atoms with E-state index in [2.05, 4.69) is 14.8 Å². The number of rotatable bonds is 9. The third-order valence-electron chi connectivity index (χ3n) is 5.92. The van der Waals surface area contributed by atoms with Crippen LogP contribution in [0.3, 0.4) is 0 Å². The van der Waals surface area contributed by atoms with Crippen LogP contribution in [0.15, 0.2) is 30.3 Å². The molecule has 1 N–H and O–H groups in total. The largest absolute Gasteiger partial charge is 0.492 e. The Morgan fingerprint density at radius 2 is 1.77 bits per heavy atom. The minimum Gasteiger partial charge on any atom is -0.492 e. The Morgan fingerprint density at radius 1 is 1.10 bits per heavy atom. The lowest BCUT2D eigenvalue weighted by Crippen LogP contribution is -2.52. The first kappa shape index (κ1) is 23.0. The summed E-state index contributed by atoms with van der Waals surface area (Å²) in [6, 6.07) is 9.58. The van der Waals surface area contributed by atoms with E-state index in [-0.39, 0.29) is 17.8 Å². The number of Topliss-reactive ketones (excluding diaryl/α,β-unsaturated/α-hetero) is 1. The number of H-pyrrole nitrogens is 1. The molecule has 1 aliphatic heterocycles. The molecule has 0 amide bonds. The maximum atomic E-state index is 13.2. The molecule has 31 heavy (non-hydrogen) atoms. The zero-order valence-electron chi connectivity index (χ0n) is 18.9. The zero-order valence-corrected chi connectivity index (χ0v) is 18.9. The molecule has 1 aromatic carbocycles. The maximum Gasteiger partial charge on any atom is 0.340 e. The average Bonchev–Trinajstić information content (AvgIpc) is 3.08. The van der Waals surface area contributed by atoms with E-state index in [1.54, 1.807) is 20.8 Å². The summed E-state index contributed by atoms with van der Waals surface area (Å²) in [4.78, 5) is 33.1. The number of ether oxygens (including phenoxy) is 2. The Hall–Kier alpha value is -2.64. The van der Waals surface area contributed by atoms with Crippen LogP contribution < -0.4 is 4.74 Å². The topological polar surface area (TPSA) is 74.9 Å². The first-order chi connectivity index (χ1) is 14.9. The first-order valence-corrected chi connectivity index (χ1v) is 11.0. The minimum absolute atomic E-state index is 0.0111. The molecule has 0 unspecified atom stereocenters. The smallest absolute Gasteiger partial charge is 0.340 e. The molecule has 7 nitrogen and oxygen atoms in total. The summed E-state index contributed by atoms with van der Waals surface area (Å²) in [6.07, 6.45) is 0. The van der Waals surface area contributed by atoms with E-state index >= 15 is 0 Å². The van der Waals surface area contributed by atoms with Crippen LogP contribution in [0.5, 0.6) is 5.75 Å². The molecular formula is C24H33N3O4. The second kappa shape index (κ2) is 10.6. The Labute approximate surface area is 184 Å². The molecule has 2 heterocycles. The summed E-state index contributed by atoms with van der Waals surface area (Å²) in [5.74, 6) is 0.517. The summed E-state index contributed by atoms with van der Waals surface area (Å²) in [6.45, 7) is 12.6. The minimum atomic E-state index is -0.383. The van der Waals surface area contributed by atoms with E-state index in [1.165, 1.54) is 0 Å². The van der Waals surface area contributed by atoms with Gasteiger partial charge in [-0.3, -0.25) is 14.6 Å². The second-order valence-corrected chi connectivity index (χ2v) is 7.92. The number of para-hydroxylation sites is 1. The van der Waals surface area contributed by atoms with Crippen molar-refractivity contribution in [1.82, 2.24) is 14.8 Å². The van der Waals surface area contributed by atoms with E-state index in [1.807, 2.05) is 37.3 Å². The molecule has 1 aliphatic rings. The van der Waals surface area contributed by atoms with Gasteiger partial charge in [0.05, 0.1) is 23.9 Å². The fourth-order valence-electron chi connectivity index (χ4n) is 4.06. The van der Waals surface area contributed by atoms with Crippen LogP contribution in [0.2, 0.25) is 0 Å². The molecule has 2 aromatic rings. The van der Waals surface area contributed by atoms with Crippen molar-refractivity contribution in [3.8, 4) is 5.75 Å². The summed E-state index contributed by atoms with van der Waals surface area (Å²) in [7, 11) is 0. The molecule has 3 rings (SSSR count). The normalized spacial score (nSPS) is 16.1. The van der Waals surface area contributed by atoms with E-state index in [9.17, 15) is 9.59 Å². The standard InChI is InChI=1S/C24H33N3O4/c1-5-30-24(29)21-17(2)22(25-18(21)3)23(28)19(4)27-13-11-26(12-14-27)15-16-31-20-9-7-6-8-10-20/h6-10,19,25H,5,11-16H2,1-4H3/t19-/m1/s1. The summed E-state index contributed by atoms with van der Waals surface area (Å²) in [5.41, 5.74) is 2.33. The Balaban J connectivity index is 1.52. The monoisotopic (exact) mass is 427 g/mol. The molecule has 0 aliphatic carbocycles. The van der Waals surface area contributed by atoms with Crippen molar-refractivity contribution in [3.05, 3.63) is 52.8 Å². The highest BCUT2D eigenvalue weighted by Crippen LogP contribution is 2.22. The highest BCUT2D eigenvalue weighted by molar-refractivity contribution is 6.03. The predicted octanol–water partition coefficient (Wildman–Crippen LogP) is 3.08. The number of hydrogen-bond donors (Lipinski definition) is 1. The number of ketones is 1. The SMILES string of the molecule is CCOC(=O)c1c(C)[nH]c(C(=O)[C@@H](C)N2CCN(CCOc3ccccc3)CC2)c1C. The lowest BCUT2D eigenvalue weighted by atomic mass is 10.0. The lowest BCUT2D eigenvalue weighted by Gasteiger charge is -2.37. The quantitative estimate of drug-likeness (QED) is 0.490. The average molecular weight is 428 g/mol. The summed E-state index contributed by atoms with van der Waals surface area (Å²) >= 11 is 0. The number of carbonyl (C=O) groups is 2. The van der Waals surface area contributed by atoms with Crippen LogP contribution in [0, 0.1) is 13.8 Å². The van der Waals surface area contributed by atoms with Gasteiger partial charge >= 0.3 is 5.97 Å². The molecule has 0 radical (unpaired) electrons. The highest BCUT2D eigenvalue weighted by atomic mass is 16.5. The second-order valence-electron chi connectivity index (χ2n) is 7.92. The Morgan fingerprint density at radius 3 is 2.42 bits per heavy atom. The van der Waals surface area contributed by atoms with Crippen molar-refractivity contribution in [2.45, 2.75) is 33.7 Å². The zero-order chi connectivity index (χ0) is 22.4. The number of nitrogens with one attached hydrogen (secondary N) is 1. The van der Waals surface area contributed by atoms with Gasteiger partial charge in [0.15, 0.2) is 5.78 Å². The Kier molecular flexibility index (Phi) is 7.87. The van der Waals surface area contributed by atoms with Gasteiger partial charge in [-0.05, 0) is 45.4 Å². The fraction of sp³-hybridized carbons (Fsp3) is 0.500. The van der Waals surface area contributed by atoms with Gasteiger partial charge in [-0.15, -0.1) is 0 Å². The van der Waals surface area contributed by atoms with Crippen LogP contribution in [0.25, 0.3) is 0 Å². The third-order valence-corrected chi connectivity index (χ3v) is 5.92. The van der Waals surface area contributed by atoms with Gasteiger partial charge < -0.3 is 14.5 Å². The van der Waals surface area contributed by atoms with E-state index < -0.39 is 0 Å². The molecule has 7 heteroatoms. The number of aromatic amines is 1. The van der Waals surface area contributed by atoms with Crippen LogP contribution in [-0.4, -0.2) is 78.5 Å². The van der Waals surface area contributed by atoms with E-state index in [4.69, 9.17) is 9.47 Å². The summed E-state index contributed by atoms with van der Waals surface area (Å²) < 4.78 is 10.9. The third kappa shape index (κ3) is 5.54. The molecule has 1 saturated heterocycles. The lowest BCUT2D eigenvalue weighted by molar-refractivity contribution is 0.0525. The van der Waals surface area contributed by atoms with Gasteiger partial charge in [-0.1, -0.05) is 18.2 Å². The highest BCUT2D eigenvalue weighted by Gasteiger charge is 2.30. The van der Waals surface area contributed by atoms with Crippen LogP contribution >= 0.6 is 0 Å². The number of piperazine rings is 1. The number of aromatic nitrogens is 1. The van der Waals surface area contributed by atoms with Crippen LogP contribution in [0.4, 0.5) is 0 Å². The maximum absolute atomic E-state index is 13.2. The van der Waals surface area contributed by atoms with Crippen molar-refractivity contribution in [2.24, 2.45) is 0 Å². The van der Waals surface area contributed by atoms with Gasteiger partial charge in [-0.25, -0.2) is 4.79 Å². The number of hydrogen-bond acceptors (Lipinski definition) is 6. The first-order valence-electron chi connectivity index (χ1n) is 11.0. The van der Waals surface area contributed by atoms with Gasteiger partial charge in [0.25, 0.3) is 0 Å². The molecule has 0 spiro atoms. The summed E-state index contributed by atoms with van der Waals surface area (Å²) in [5, 5.41) is 0. The number of esters is 1. The van der Waals surface area contributed by atoms with Gasteiger partial charge in [-0.2, -0.15) is 0 Å². The van der Waals surface area contributed by atoms with Crippen molar-refractivity contribution < 1.29 is 19.1 Å². The van der Waals surface area contributed by atoms with Crippen molar-refractivity contribution in [1.29, 1.82) is 0 Å².